The summed E-state index contributed by atoms with van der Waals surface area (Å²) in [6, 6.07) is 15.0. The lowest BCUT2D eigenvalue weighted by Gasteiger charge is -2.20. The summed E-state index contributed by atoms with van der Waals surface area (Å²) in [6.45, 7) is 6.10. The molecule has 236 valence electrons. The molecule has 2 heterocycles. The molecule has 0 fully saturated rings. The molecule has 4 rings (SSSR count). The van der Waals surface area contributed by atoms with Crippen LogP contribution in [0, 0.1) is 5.41 Å². The fraction of sp³-hybridized carbons (Fsp3) is 0.267. The average Bonchev–Trinajstić information content (AvgIpc) is 3.01. The molecule has 0 atom stereocenters. The van der Waals surface area contributed by atoms with Gasteiger partial charge in [-0.25, -0.2) is 28.4 Å². The van der Waals surface area contributed by atoms with Crippen LogP contribution in [0.3, 0.4) is 0 Å². The third-order valence-corrected chi connectivity index (χ3v) is 8.50. The molecule has 13 nitrogen and oxygen atoms in total. The first-order valence-electron chi connectivity index (χ1n) is 13.6. The Morgan fingerprint density at radius 3 is 2.20 bits per heavy atom. The Kier molecular flexibility index (Phi) is 10.2. The number of nitrogens with one attached hydrogen (secondary N) is 3. The molecule has 45 heavy (non-hydrogen) atoms. The first-order valence-corrected chi connectivity index (χ1v) is 16.1. The molecule has 0 bridgehead atoms. The minimum absolute atomic E-state index is 0.00523. The Morgan fingerprint density at radius 1 is 0.956 bits per heavy atom. The fourth-order valence-corrected chi connectivity index (χ4v) is 5.52. The number of sulfonamides is 1. The second kappa shape index (κ2) is 13.9. The monoisotopic (exact) mass is 650 g/mol. The van der Waals surface area contributed by atoms with E-state index in [1.165, 1.54) is 36.5 Å². The molecule has 0 saturated heterocycles. The van der Waals surface area contributed by atoms with Crippen molar-refractivity contribution in [2.75, 3.05) is 31.7 Å². The smallest absolute Gasteiger partial charge is 0.263 e. The van der Waals surface area contributed by atoms with E-state index < -0.39 is 15.9 Å². The zero-order valence-electron chi connectivity index (χ0n) is 25.7. The first-order chi connectivity index (χ1) is 21.3. The van der Waals surface area contributed by atoms with Gasteiger partial charge in [0.05, 0.1) is 17.8 Å². The van der Waals surface area contributed by atoms with E-state index in [1.54, 1.807) is 56.6 Å². The third-order valence-electron chi connectivity index (χ3n) is 6.19. The van der Waals surface area contributed by atoms with Crippen LogP contribution < -0.4 is 19.5 Å². The number of guanidine groups is 1. The number of para-hydroxylation sites is 2. The van der Waals surface area contributed by atoms with Crippen LogP contribution in [0.4, 0.5) is 5.82 Å². The van der Waals surface area contributed by atoms with Gasteiger partial charge in [-0.15, -0.1) is 0 Å². The van der Waals surface area contributed by atoms with Crippen LogP contribution in [-0.2, 0) is 20.2 Å². The molecular weight excluding hydrogens is 617 g/mol. The second-order valence-electron chi connectivity index (χ2n) is 10.8. The molecule has 0 radical (unpaired) electrons. The van der Waals surface area contributed by atoms with Gasteiger partial charge in [0.2, 0.25) is 17.5 Å². The topological polar surface area (TPSA) is 172 Å². The summed E-state index contributed by atoms with van der Waals surface area (Å²) >= 11 is 0.957. The van der Waals surface area contributed by atoms with Crippen LogP contribution in [0.2, 0.25) is 0 Å². The lowest BCUT2D eigenvalue weighted by atomic mass is 9.87. The quantitative estimate of drug-likeness (QED) is 0.0952. The van der Waals surface area contributed by atoms with Crippen molar-refractivity contribution in [2.45, 2.75) is 36.1 Å². The van der Waals surface area contributed by atoms with Crippen LogP contribution in [-0.4, -0.2) is 72.1 Å². The summed E-state index contributed by atoms with van der Waals surface area (Å²) in [5.74, 6) is -0.320. The number of carbonyl (C=O) groups excluding carboxylic acids is 1. The number of nitrogens with zero attached hydrogens (tertiary/aromatic N) is 5. The SMILES string of the molecule is COc1ccccc1Oc1c(NS(=O)(=O)c2ccc(C(C)(C)C)cc2)nc(-c2ncccn2)nc1SCC(=O)NC(=N)N(C)C. The molecule has 4 aromatic rings. The predicted molar refractivity (Wildman–Crippen MR) is 172 cm³/mol. The van der Waals surface area contributed by atoms with E-state index >= 15 is 0 Å². The zero-order chi connectivity index (χ0) is 32.8. The lowest BCUT2D eigenvalue weighted by Crippen LogP contribution is -2.40. The molecule has 2 aromatic carbocycles. The van der Waals surface area contributed by atoms with E-state index in [0.717, 1.165) is 17.3 Å². The Bertz CT molecular complexity index is 1780. The predicted octanol–water partition coefficient (Wildman–Crippen LogP) is 4.54. The largest absolute Gasteiger partial charge is 0.493 e. The lowest BCUT2D eigenvalue weighted by molar-refractivity contribution is -0.117. The first kappa shape index (κ1) is 33.1. The summed E-state index contributed by atoms with van der Waals surface area (Å²) in [6.07, 6.45) is 3.00. The number of carbonyl (C=O) groups is 1. The van der Waals surface area contributed by atoms with Crippen molar-refractivity contribution >= 4 is 39.5 Å². The maximum Gasteiger partial charge on any atom is 0.263 e. The second-order valence-corrected chi connectivity index (χ2v) is 13.5. The Hall–Kier alpha value is -4.76. The van der Waals surface area contributed by atoms with E-state index in [0.29, 0.717) is 5.75 Å². The average molecular weight is 651 g/mol. The van der Waals surface area contributed by atoms with E-state index in [9.17, 15) is 13.2 Å². The van der Waals surface area contributed by atoms with Crippen LogP contribution in [0.1, 0.15) is 26.3 Å². The highest BCUT2D eigenvalue weighted by atomic mass is 32.2. The van der Waals surface area contributed by atoms with Crippen molar-refractivity contribution in [3.05, 3.63) is 72.6 Å². The number of methoxy groups -OCH3 is 1. The van der Waals surface area contributed by atoms with Gasteiger partial charge in [0.25, 0.3) is 10.0 Å². The molecule has 0 aliphatic heterocycles. The van der Waals surface area contributed by atoms with Crippen molar-refractivity contribution in [1.82, 2.24) is 30.2 Å². The maximum atomic E-state index is 13.7. The van der Waals surface area contributed by atoms with Crippen molar-refractivity contribution in [3.63, 3.8) is 0 Å². The van der Waals surface area contributed by atoms with Gasteiger partial charge in [-0.2, -0.15) is 0 Å². The Balaban J connectivity index is 1.84. The summed E-state index contributed by atoms with van der Waals surface area (Å²) in [5, 5.41) is 10.5. The molecule has 3 N–H and O–H groups in total. The number of rotatable bonds is 10. The number of amides is 1. The van der Waals surface area contributed by atoms with Crippen LogP contribution in [0.15, 0.2) is 76.9 Å². The maximum absolute atomic E-state index is 13.7. The Morgan fingerprint density at radius 2 is 1.60 bits per heavy atom. The molecule has 0 unspecified atom stereocenters. The normalized spacial score (nSPS) is 11.4. The molecule has 0 saturated carbocycles. The number of hydrogen-bond donors (Lipinski definition) is 3. The number of hydrogen-bond acceptors (Lipinski definition) is 11. The number of ether oxygens (including phenoxy) is 2. The third kappa shape index (κ3) is 8.45. The summed E-state index contributed by atoms with van der Waals surface area (Å²) < 4.78 is 41.7. The number of anilines is 1. The minimum atomic E-state index is -4.19. The highest BCUT2D eigenvalue weighted by Crippen LogP contribution is 2.41. The molecule has 1 amide bonds. The molecule has 0 aliphatic rings. The van der Waals surface area contributed by atoms with E-state index in [1.807, 2.05) is 20.8 Å². The van der Waals surface area contributed by atoms with E-state index in [-0.39, 0.29) is 56.0 Å². The Labute approximate surface area is 266 Å². The van der Waals surface area contributed by atoms with Gasteiger partial charge in [0, 0.05) is 26.5 Å². The van der Waals surface area contributed by atoms with Gasteiger partial charge in [0.15, 0.2) is 29.1 Å². The van der Waals surface area contributed by atoms with Gasteiger partial charge in [-0.3, -0.25) is 20.2 Å². The number of aromatic nitrogens is 4. The van der Waals surface area contributed by atoms with Gasteiger partial charge in [0.1, 0.15) is 5.03 Å². The standard InChI is InChI=1S/C30H34N8O5S2/c1-30(2,3)19-12-14-20(15-13-19)45(40,41)37-25-24(43-22-11-8-7-10-21(22)42-6)28(44-18-23(39)34-29(31)38(4)5)36-27(35-25)26-32-16-9-17-33-26/h7-17H,18H2,1-6H3,(H2,31,34,39)(H,35,36,37). The van der Waals surface area contributed by atoms with Crippen molar-refractivity contribution in [3.8, 4) is 28.9 Å². The molecule has 2 aromatic heterocycles. The van der Waals surface area contributed by atoms with Crippen molar-refractivity contribution in [1.29, 1.82) is 5.41 Å². The number of thioether (sulfide) groups is 1. The van der Waals surface area contributed by atoms with Gasteiger partial charge in [-0.1, -0.05) is 56.8 Å². The highest BCUT2D eigenvalue weighted by molar-refractivity contribution is 8.00. The molecule has 0 aliphatic carbocycles. The fourth-order valence-electron chi connectivity index (χ4n) is 3.75. The van der Waals surface area contributed by atoms with Crippen molar-refractivity contribution < 1.29 is 22.7 Å². The van der Waals surface area contributed by atoms with Gasteiger partial charge < -0.3 is 14.4 Å². The molecule has 15 heteroatoms. The zero-order valence-corrected chi connectivity index (χ0v) is 27.3. The van der Waals surface area contributed by atoms with Gasteiger partial charge in [-0.05, 0) is 41.3 Å². The van der Waals surface area contributed by atoms with E-state index in [4.69, 9.17) is 14.9 Å². The minimum Gasteiger partial charge on any atom is -0.493 e. The number of benzene rings is 2. The molecule has 0 spiro atoms. The van der Waals surface area contributed by atoms with E-state index in [2.05, 4.69) is 30.0 Å². The van der Waals surface area contributed by atoms with Crippen LogP contribution >= 0.6 is 11.8 Å². The van der Waals surface area contributed by atoms with Crippen molar-refractivity contribution in [2.24, 2.45) is 0 Å². The van der Waals surface area contributed by atoms with Gasteiger partial charge >= 0.3 is 0 Å². The summed E-state index contributed by atoms with van der Waals surface area (Å²) in [4.78, 5) is 31.6. The summed E-state index contributed by atoms with van der Waals surface area (Å²) in [5.41, 5.74) is 0.790. The highest BCUT2D eigenvalue weighted by Gasteiger charge is 2.26. The summed E-state index contributed by atoms with van der Waals surface area (Å²) in [7, 11) is 0.529. The van der Waals surface area contributed by atoms with Crippen LogP contribution in [0.25, 0.3) is 11.6 Å². The van der Waals surface area contributed by atoms with Crippen LogP contribution in [0.5, 0.6) is 17.2 Å². The molecular formula is C30H34N8O5S2.